The zero-order valence-electron chi connectivity index (χ0n) is 13.9. The third-order valence-corrected chi connectivity index (χ3v) is 5.23. The van der Waals surface area contributed by atoms with E-state index in [9.17, 15) is 14.7 Å². The number of thioether (sulfide) groups is 1. The van der Waals surface area contributed by atoms with Crippen molar-refractivity contribution in [2.75, 3.05) is 11.6 Å². The van der Waals surface area contributed by atoms with Crippen molar-refractivity contribution in [3.8, 4) is 5.75 Å². The summed E-state index contributed by atoms with van der Waals surface area (Å²) < 4.78 is 0. The SMILES string of the molecule is C[C@@H](NC(=O)[C@@H]1CSCN1C(=O)c1ccc(O)cc1)c1ccccc1. The lowest BCUT2D eigenvalue weighted by Gasteiger charge is -2.25. The van der Waals surface area contributed by atoms with Crippen molar-refractivity contribution in [3.63, 3.8) is 0 Å². The number of phenols is 1. The van der Waals surface area contributed by atoms with Gasteiger partial charge >= 0.3 is 0 Å². The van der Waals surface area contributed by atoms with E-state index in [-0.39, 0.29) is 23.6 Å². The van der Waals surface area contributed by atoms with Gasteiger partial charge in [0.05, 0.1) is 11.9 Å². The Bertz CT molecular complexity index is 749. The van der Waals surface area contributed by atoms with Crippen LogP contribution in [0.15, 0.2) is 54.6 Å². The number of carbonyl (C=O) groups excluding carboxylic acids is 2. The van der Waals surface area contributed by atoms with Gasteiger partial charge in [0.2, 0.25) is 5.91 Å². The summed E-state index contributed by atoms with van der Waals surface area (Å²) in [5, 5.41) is 12.4. The van der Waals surface area contributed by atoms with Crippen molar-refractivity contribution in [1.82, 2.24) is 10.2 Å². The summed E-state index contributed by atoms with van der Waals surface area (Å²) >= 11 is 1.56. The van der Waals surface area contributed by atoms with E-state index in [2.05, 4.69) is 5.32 Å². The quantitative estimate of drug-likeness (QED) is 0.884. The summed E-state index contributed by atoms with van der Waals surface area (Å²) in [6, 6.07) is 15.2. The molecule has 1 heterocycles. The molecule has 25 heavy (non-hydrogen) atoms. The molecular weight excluding hydrogens is 336 g/mol. The molecule has 1 saturated heterocycles. The summed E-state index contributed by atoms with van der Waals surface area (Å²) in [4.78, 5) is 26.9. The van der Waals surface area contributed by atoms with Gasteiger partial charge in [0.25, 0.3) is 5.91 Å². The molecule has 130 valence electrons. The Hall–Kier alpha value is -2.47. The van der Waals surface area contributed by atoms with E-state index in [0.717, 1.165) is 5.56 Å². The summed E-state index contributed by atoms with van der Waals surface area (Å²) in [5.74, 6) is 0.832. The molecule has 6 heteroatoms. The smallest absolute Gasteiger partial charge is 0.255 e. The van der Waals surface area contributed by atoms with Gasteiger partial charge < -0.3 is 15.3 Å². The van der Waals surface area contributed by atoms with Gasteiger partial charge in [0.15, 0.2) is 0 Å². The van der Waals surface area contributed by atoms with Crippen LogP contribution in [0.2, 0.25) is 0 Å². The average Bonchev–Trinajstić information content (AvgIpc) is 3.12. The first-order valence-corrected chi connectivity index (χ1v) is 9.25. The van der Waals surface area contributed by atoms with E-state index in [0.29, 0.717) is 17.2 Å². The van der Waals surface area contributed by atoms with Crippen molar-refractivity contribution < 1.29 is 14.7 Å². The number of nitrogens with one attached hydrogen (secondary N) is 1. The minimum absolute atomic E-state index is 0.110. The van der Waals surface area contributed by atoms with Crippen molar-refractivity contribution >= 4 is 23.6 Å². The molecule has 0 bridgehead atoms. The van der Waals surface area contributed by atoms with E-state index in [4.69, 9.17) is 0 Å². The number of aromatic hydroxyl groups is 1. The van der Waals surface area contributed by atoms with E-state index in [1.165, 1.54) is 12.1 Å². The van der Waals surface area contributed by atoms with Crippen LogP contribution in [-0.2, 0) is 4.79 Å². The van der Waals surface area contributed by atoms with Crippen LogP contribution in [0.25, 0.3) is 0 Å². The Kier molecular flexibility index (Phi) is 5.28. The third-order valence-electron chi connectivity index (χ3n) is 4.22. The number of rotatable bonds is 4. The van der Waals surface area contributed by atoms with Crippen LogP contribution in [0.4, 0.5) is 0 Å². The second-order valence-electron chi connectivity index (χ2n) is 5.98. The molecule has 2 N–H and O–H groups in total. The van der Waals surface area contributed by atoms with Crippen LogP contribution in [0.5, 0.6) is 5.75 Å². The number of hydrogen-bond acceptors (Lipinski definition) is 4. The molecule has 2 atom stereocenters. The Balaban J connectivity index is 1.69. The molecule has 1 fully saturated rings. The van der Waals surface area contributed by atoms with Crippen molar-refractivity contribution in [2.45, 2.75) is 19.0 Å². The molecule has 2 aromatic carbocycles. The van der Waals surface area contributed by atoms with Gasteiger partial charge in [-0.1, -0.05) is 30.3 Å². The number of amides is 2. The van der Waals surface area contributed by atoms with Crippen molar-refractivity contribution in [3.05, 3.63) is 65.7 Å². The molecule has 2 amide bonds. The zero-order chi connectivity index (χ0) is 17.8. The second-order valence-corrected chi connectivity index (χ2v) is 6.98. The molecule has 1 aliphatic heterocycles. The van der Waals surface area contributed by atoms with Crippen LogP contribution in [0.1, 0.15) is 28.9 Å². The molecule has 0 aromatic heterocycles. The van der Waals surface area contributed by atoms with E-state index in [1.54, 1.807) is 28.8 Å². The van der Waals surface area contributed by atoms with Crippen molar-refractivity contribution in [1.29, 1.82) is 0 Å². The largest absolute Gasteiger partial charge is 0.508 e. The first-order valence-electron chi connectivity index (χ1n) is 8.09. The highest BCUT2D eigenvalue weighted by Gasteiger charge is 2.35. The molecule has 5 nitrogen and oxygen atoms in total. The van der Waals surface area contributed by atoms with Gasteiger partial charge in [-0.05, 0) is 36.8 Å². The fourth-order valence-corrected chi connectivity index (χ4v) is 3.92. The topological polar surface area (TPSA) is 69.6 Å². The fourth-order valence-electron chi connectivity index (χ4n) is 2.76. The number of carbonyl (C=O) groups is 2. The Labute approximate surface area is 151 Å². The van der Waals surface area contributed by atoms with Gasteiger partial charge in [-0.15, -0.1) is 11.8 Å². The molecule has 2 aromatic rings. The normalized spacial score (nSPS) is 18.0. The predicted molar refractivity (Wildman–Crippen MR) is 98.4 cm³/mol. The number of phenolic OH excluding ortho intramolecular Hbond substituents is 1. The minimum atomic E-state index is -0.488. The van der Waals surface area contributed by atoms with Gasteiger partial charge in [-0.3, -0.25) is 9.59 Å². The van der Waals surface area contributed by atoms with E-state index >= 15 is 0 Å². The summed E-state index contributed by atoms with van der Waals surface area (Å²) in [5.41, 5.74) is 1.49. The van der Waals surface area contributed by atoms with Gasteiger partial charge in [-0.2, -0.15) is 0 Å². The maximum Gasteiger partial charge on any atom is 0.255 e. The molecule has 0 saturated carbocycles. The van der Waals surface area contributed by atoms with Crippen LogP contribution in [0, 0.1) is 0 Å². The first-order chi connectivity index (χ1) is 12.1. The van der Waals surface area contributed by atoms with Crippen LogP contribution in [0.3, 0.4) is 0 Å². The monoisotopic (exact) mass is 356 g/mol. The standard InChI is InChI=1S/C19H20N2O3S/c1-13(14-5-3-2-4-6-14)20-18(23)17-11-25-12-21(17)19(24)15-7-9-16(22)10-8-15/h2-10,13,17,22H,11-12H2,1H3,(H,20,23)/t13-,17+/m1/s1. The molecule has 0 radical (unpaired) electrons. The summed E-state index contributed by atoms with van der Waals surface area (Å²) in [6.45, 7) is 1.93. The molecule has 3 rings (SSSR count). The van der Waals surface area contributed by atoms with E-state index < -0.39 is 6.04 Å². The maximum absolute atomic E-state index is 12.7. The Morgan fingerprint density at radius 3 is 2.52 bits per heavy atom. The summed E-state index contributed by atoms with van der Waals surface area (Å²) in [7, 11) is 0. The number of hydrogen-bond donors (Lipinski definition) is 2. The summed E-state index contributed by atoms with van der Waals surface area (Å²) in [6.07, 6.45) is 0. The molecule has 0 unspecified atom stereocenters. The number of benzene rings is 2. The number of nitrogens with zero attached hydrogens (tertiary/aromatic N) is 1. The molecule has 0 aliphatic carbocycles. The van der Waals surface area contributed by atoms with Crippen molar-refractivity contribution in [2.24, 2.45) is 0 Å². The Morgan fingerprint density at radius 1 is 1.16 bits per heavy atom. The lowest BCUT2D eigenvalue weighted by molar-refractivity contribution is -0.125. The van der Waals surface area contributed by atoms with Gasteiger partial charge in [0.1, 0.15) is 11.8 Å². The zero-order valence-corrected chi connectivity index (χ0v) is 14.7. The van der Waals surface area contributed by atoms with Crippen LogP contribution < -0.4 is 5.32 Å². The highest BCUT2D eigenvalue weighted by atomic mass is 32.2. The lowest BCUT2D eigenvalue weighted by atomic mass is 10.1. The highest BCUT2D eigenvalue weighted by molar-refractivity contribution is 7.99. The molecular formula is C19H20N2O3S. The van der Waals surface area contributed by atoms with Crippen LogP contribution >= 0.6 is 11.8 Å². The third kappa shape index (κ3) is 3.96. The van der Waals surface area contributed by atoms with Crippen LogP contribution in [-0.4, -0.2) is 39.5 Å². The predicted octanol–water partition coefficient (Wildman–Crippen LogP) is 2.78. The van der Waals surface area contributed by atoms with E-state index in [1.807, 2.05) is 37.3 Å². The van der Waals surface area contributed by atoms with Gasteiger partial charge in [-0.25, -0.2) is 0 Å². The second kappa shape index (κ2) is 7.61. The Morgan fingerprint density at radius 2 is 1.84 bits per heavy atom. The lowest BCUT2D eigenvalue weighted by Crippen LogP contribution is -2.47. The first kappa shape index (κ1) is 17.4. The fraction of sp³-hybridized carbons (Fsp3) is 0.263. The maximum atomic E-state index is 12.7. The van der Waals surface area contributed by atoms with Gasteiger partial charge in [0, 0.05) is 11.3 Å². The minimum Gasteiger partial charge on any atom is -0.508 e. The average molecular weight is 356 g/mol. The molecule has 1 aliphatic rings. The highest BCUT2D eigenvalue weighted by Crippen LogP contribution is 2.25. The molecule has 0 spiro atoms.